The summed E-state index contributed by atoms with van der Waals surface area (Å²) in [4.78, 5) is 24.7. The minimum atomic E-state index is -0.527. The monoisotopic (exact) mass is 390 g/mol. The van der Waals surface area contributed by atoms with Crippen molar-refractivity contribution in [3.05, 3.63) is 95.6 Å². The van der Waals surface area contributed by atoms with Gasteiger partial charge in [0.1, 0.15) is 11.5 Å². The molecule has 0 heterocycles. The second-order valence-electron chi connectivity index (χ2n) is 6.25. The molecule has 0 aliphatic heterocycles. The second-order valence-corrected chi connectivity index (χ2v) is 6.25. The number of hydrogen-bond donors (Lipinski definition) is 0. The minimum Gasteiger partial charge on any atom is -0.494 e. The molecule has 3 aromatic rings. The van der Waals surface area contributed by atoms with Gasteiger partial charge >= 0.3 is 11.9 Å². The van der Waals surface area contributed by atoms with Gasteiger partial charge in [0, 0.05) is 6.42 Å². The molecule has 0 N–H and O–H groups in total. The van der Waals surface area contributed by atoms with Crippen molar-refractivity contribution in [2.24, 2.45) is 0 Å². The number of carbonyl (C=O) groups is 2. The second kappa shape index (κ2) is 10.1. The number of benzene rings is 3. The molecule has 0 saturated heterocycles. The molecule has 3 rings (SSSR count). The summed E-state index contributed by atoms with van der Waals surface area (Å²) in [5, 5.41) is 0. The molecule has 0 bridgehead atoms. The Bertz CT molecular complexity index is 966. The van der Waals surface area contributed by atoms with Gasteiger partial charge < -0.3 is 14.2 Å². The number of esters is 2. The predicted molar refractivity (Wildman–Crippen MR) is 109 cm³/mol. The fraction of sp³-hybridized carbons (Fsp3) is 0.167. The van der Waals surface area contributed by atoms with Crippen molar-refractivity contribution in [1.82, 2.24) is 0 Å². The van der Waals surface area contributed by atoms with E-state index < -0.39 is 11.9 Å². The fourth-order valence-corrected chi connectivity index (χ4v) is 2.72. The van der Waals surface area contributed by atoms with Crippen LogP contribution < -0.4 is 9.47 Å². The highest BCUT2D eigenvalue weighted by Gasteiger charge is 2.13. The molecule has 5 heteroatoms. The van der Waals surface area contributed by atoms with Crippen molar-refractivity contribution in [2.45, 2.75) is 13.3 Å². The summed E-state index contributed by atoms with van der Waals surface area (Å²) in [6.45, 7) is 2.65. The van der Waals surface area contributed by atoms with Gasteiger partial charge in [-0.3, -0.25) is 0 Å². The van der Waals surface area contributed by atoms with Gasteiger partial charge in [0.2, 0.25) is 0 Å². The van der Waals surface area contributed by atoms with Gasteiger partial charge in [-0.05, 0) is 48.9 Å². The Hall–Kier alpha value is -3.60. The summed E-state index contributed by atoms with van der Waals surface area (Å²) in [6, 6.07) is 22.9. The van der Waals surface area contributed by atoms with E-state index in [-0.39, 0.29) is 12.4 Å². The largest absolute Gasteiger partial charge is 0.494 e. The van der Waals surface area contributed by atoms with Crippen LogP contribution in [0.1, 0.15) is 33.2 Å². The lowest BCUT2D eigenvalue weighted by Crippen LogP contribution is -2.11. The fourth-order valence-electron chi connectivity index (χ4n) is 2.72. The summed E-state index contributed by atoms with van der Waals surface area (Å²) in [5.74, 6) is -0.120. The first-order valence-corrected chi connectivity index (χ1v) is 9.42. The van der Waals surface area contributed by atoms with E-state index in [4.69, 9.17) is 14.2 Å². The Labute approximate surface area is 169 Å². The van der Waals surface area contributed by atoms with Crippen LogP contribution in [0.25, 0.3) is 0 Å². The van der Waals surface area contributed by atoms with E-state index in [9.17, 15) is 9.59 Å². The molecule has 0 aliphatic rings. The van der Waals surface area contributed by atoms with Crippen LogP contribution in [0.3, 0.4) is 0 Å². The van der Waals surface area contributed by atoms with E-state index in [1.807, 2.05) is 37.3 Å². The number of rotatable bonds is 8. The lowest BCUT2D eigenvalue weighted by atomic mass is 10.2. The van der Waals surface area contributed by atoms with Gasteiger partial charge in [-0.15, -0.1) is 0 Å². The average Bonchev–Trinajstić information content (AvgIpc) is 2.75. The molecule has 29 heavy (non-hydrogen) atoms. The van der Waals surface area contributed by atoms with Crippen LogP contribution in [0.4, 0.5) is 0 Å². The van der Waals surface area contributed by atoms with Crippen LogP contribution in [0.5, 0.6) is 11.5 Å². The van der Waals surface area contributed by atoms with E-state index in [0.29, 0.717) is 29.9 Å². The molecule has 3 aromatic carbocycles. The predicted octanol–water partition coefficient (Wildman–Crippen LogP) is 4.70. The Balaban J connectivity index is 1.59. The first kappa shape index (κ1) is 20.1. The average molecular weight is 390 g/mol. The molecular formula is C24H22O5. The highest BCUT2D eigenvalue weighted by Crippen LogP contribution is 2.18. The van der Waals surface area contributed by atoms with Crippen molar-refractivity contribution in [1.29, 1.82) is 0 Å². The third-order valence-corrected chi connectivity index (χ3v) is 4.13. The third kappa shape index (κ3) is 5.94. The number of hydrogen-bond acceptors (Lipinski definition) is 5. The number of carbonyl (C=O) groups excluding carboxylic acids is 2. The molecule has 0 spiro atoms. The van der Waals surface area contributed by atoms with E-state index in [1.54, 1.807) is 42.5 Å². The normalized spacial score (nSPS) is 10.2. The Kier molecular flexibility index (Phi) is 7.00. The van der Waals surface area contributed by atoms with Gasteiger partial charge in [0.15, 0.2) is 0 Å². The molecule has 0 amide bonds. The van der Waals surface area contributed by atoms with Gasteiger partial charge in [0.25, 0.3) is 0 Å². The van der Waals surface area contributed by atoms with Crippen molar-refractivity contribution < 1.29 is 23.8 Å². The highest BCUT2D eigenvalue weighted by molar-refractivity contribution is 5.93. The molecule has 0 saturated carbocycles. The van der Waals surface area contributed by atoms with E-state index in [1.165, 1.54) is 6.07 Å². The molecule has 0 atom stereocenters. The zero-order valence-electron chi connectivity index (χ0n) is 16.2. The molecule has 0 aliphatic carbocycles. The van der Waals surface area contributed by atoms with Crippen LogP contribution in [0.2, 0.25) is 0 Å². The molecule has 5 nitrogen and oxygen atoms in total. The first-order chi connectivity index (χ1) is 14.2. The van der Waals surface area contributed by atoms with Crippen molar-refractivity contribution in [3.63, 3.8) is 0 Å². The topological polar surface area (TPSA) is 61.8 Å². The quantitative estimate of drug-likeness (QED) is 0.412. The maximum Gasteiger partial charge on any atom is 0.343 e. The van der Waals surface area contributed by atoms with Crippen molar-refractivity contribution >= 4 is 11.9 Å². The third-order valence-electron chi connectivity index (χ3n) is 4.13. The van der Waals surface area contributed by atoms with Gasteiger partial charge in [-0.25, -0.2) is 9.59 Å². The summed E-state index contributed by atoms with van der Waals surface area (Å²) in [6.07, 6.45) is 0.636. The van der Waals surface area contributed by atoms with Gasteiger partial charge in [-0.1, -0.05) is 42.5 Å². The minimum absolute atomic E-state index is 0.273. The lowest BCUT2D eigenvalue weighted by molar-refractivity contribution is 0.0507. The molecule has 148 valence electrons. The lowest BCUT2D eigenvalue weighted by Gasteiger charge is -2.08. The van der Waals surface area contributed by atoms with Crippen molar-refractivity contribution in [2.75, 3.05) is 13.2 Å². The summed E-state index contributed by atoms with van der Waals surface area (Å²) >= 11 is 0. The van der Waals surface area contributed by atoms with Crippen LogP contribution in [0.15, 0.2) is 78.9 Å². The van der Waals surface area contributed by atoms with Crippen LogP contribution in [0, 0.1) is 0 Å². The maximum atomic E-state index is 12.4. The summed E-state index contributed by atoms with van der Waals surface area (Å²) in [5.41, 5.74) is 1.79. The zero-order valence-corrected chi connectivity index (χ0v) is 16.2. The number of ether oxygens (including phenoxy) is 3. The zero-order chi connectivity index (χ0) is 20.5. The molecule has 0 fully saturated rings. The Morgan fingerprint density at radius 3 is 2.14 bits per heavy atom. The van der Waals surface area contributed by atoms with Crippen molar-refractivity contribution in [3.8, 4) is 11.5 Å². The van der Waals surface area contributed by atoms with Crippen LogP contribution in [-0.2, 0) is 11.2 Å². The molecule has 0 aromatic heterocycles. The maximum absolute atomic E-state index is 12.4. The highest BCUT2D eigenvalue weighted by atomic mass is 16.5. The standard InChI is InChI=1S/C24H22O5/c1-2-27-21-12-6-11-20(16-21)24(26)29-22-13-7-10-19(17-22)23(25)28-15-14-18-8-4-3-5-9-18/h3-13,16-17H,2,14-15H2,1H3. The molecule has 0 unspecified atom stereocenters. The van der Waals surface area contributed by atoms with Crippen LogP contribution >= 0.6 is 0 Å². The van der Waals surface area contributed by atoms with E-state index in [2.05, 4.69) is 0 Å². The van der Waals surface area contributed by atoms with E-state index >= 15 is 0 Å². The summed E-state index contributed by atoms with van der Waals surface area (Å²) < 4.78 is 16.1. The van der Waals surface area contributed by atoms with Crippen LogP contribution in [-0.4, -0.2) is 25.2 Å². The smallest absolute Gasteiger partial charge is 0.343 e. The van der Waals surface area contributed by atoms with E-state index in [0.717, 1.165) is 5.56 Å². The Morgan fingerprint density at radius 2 is 1.41 bits per heavy atom. The molecular weight excluding hydrogens is 368 g/mol. The Morgan fingerprint density at radius 1 is 0.759 bits per heavy atom. The van der Waals surface area contributed by atoms with Gasteiger partial charge in [-0.2, -0.15) is 0 Å². The molecule has 0 radical (unpaired) electrons. The van der Waals surface area contributed by atoms with Gasteiger partial charge in [0.05, 0.1) is 24.3 Å². The summed E-state index contributed by atoms with van der Waals surface area (Å²) in [7, 11) is 0. The SMILES string of the molecule is CCOc1cccc(C(=O)Oc2cccc(C(=O)OCCc3ccccc3)c2)c1. The first-order valence-electron chi connectivity index (χ1n) is 9.42.